The van der Waals surface area contributed by atoms with Crippen molar-refractivity contribution >= 4 is 29.5 Å². The zero-order valence-corrected chi connectivity index (χ0v) is 8.39. The van der Waals surface area contributed by atoms with Crippen LogP contribution in [0.3, 0.4) is 0 Å². The molecule has 0 aromatic rings. The van der Waals surface area contributed by atoms with E-state index in [9.17, 15) is 9.59 Å². The van der Waals surface area contributed by atoms with Crippen molar-refractivity contribution < 1.29 is 9.59 Å². The number of nitrogens with zero attached hydrogens (tertiary/aromatic N) is 1. The zero-order chi connectivity index (χ0) is 9.97. The van der Waals surface area contributed by atoms with Crippen LogP contribution in [0, 0.1) is 5.92 Å². The maximum Gasteiger partial charge on any atom is 0.316 e. The number of carbonyl (C=O) groups excluding carboxylic acids is 2. The fourth-order valence-electron chi connectivity index (χ4n) is 1.39. The number of hydrogen-bond acceptors (Lipinski definition) is 4. The molecular weight excluding hydrogens is 202 g/mol. The first-order valence-corrected chi connectivity index (χ1v) is 5.65. The number of thioether (sulfide) groups is 1. The second-order valence-electron chi connectivity index (χ2n) is 3.33. The average molecular weight is 213 g/mol. The molecule has 0 radical (unpaired) electrons. The van der Waals surface area contributed by atoms with Gasteiger partial charge >= 0.3 is 11.8 Å². The molecule has 2 aliphatic rings. The Bertz CT molecular complexity index is 279. The number of aliphatic imine (C=N–C) groups is 1. The van der Waals surface area contributed by atoms with Crippen LogP contribution in [0.15, 0.2) is 4.99 Å². The first-order chi connectivity index (χ1) is 6.75. The summed E-state index contributed by atoms with van der Waals surface area (Å²) >= 11 is 1.92. The third-order valence-corrected chi connectivity index (χ3v) is 3.43. The predicted octanol–water partition coefficient (Wildman–Crippen LogP) is -0.658. The first kappa shape index (κ1) is 9.51. The summed E-state index contributed by atoms with van der Waals surface area (Å²) in [6, 6.07) is 0. The van der Waals surface area contributed by atoms with E-state index < -0.39 is 11.8 Å². The van der Waals surface area contributed by atoms with Crippen molar-refractivity contribution in [2.24, 2.45) is 10.9 Å². The second-order valence-corrected chi connectivity index (χ2v) is 4.48. The largest absolute Gasteiger partial charge is 0.316 e. The van der Waals surface area contributed by atoms with Gasteiger partial charge in [0, 0.05) is 6.54 Å². The van der Waals surface area contributed by atoms with Crippen molar-refractivity contribution in [3.8, 4) is 0 Å². The Balaban J connectivity index is 1.86. The highest BCUT2D eigenvalue weighted by Gasteiger charge is 2.25. The maximum absolute atomic E-state index is 10.8. The van der Waals surface area contributed by atoms with Gasteiger partial charge in [-0.25, -0.2) is 0 Å². The molecule has 2 aliphatic heterocycles. The van der Waals surface area contributed by atoms with Crippen LogP contribution < -0.4 is 10.6 Å². The molecule has 0 bridgehead atoms. The van der Waals surface area contributed by atoms with Gasteiger partial charge in [-0.1, -0.05) is 0 Å². The molecule has 1 unspecified atom stereocenters. The van der Waals surface area contributed by atoms with Crippen molar-refractivity contribution in [3.05, 3.63) is 0 Å². The predicted molar refractivity (Wildman–Crippen MR) is 54.0 cm³/mol. The Morgan fingerprint density at radius 3 is 2.64 bits per heavy atom. The molecule has 2 N–H and O–H groups in total. The smallest absolute Gasteiger partial charge is 0.288 e. The normalized spacial score (nSPS) is 26.3. The summed E-state index contributed by atoms with van der Waals surface area (Å²) in [7, 11) is 0. The Morgan fingerprint density at radius 1 is 1.36 bits per heavy atom. The fourth-order valence-corrected chi connectivity index (χ4v) is 2.66. The van der Waals surface area contributed by atoms with Crippen LogP contribution in [0.1, 0.15) is 6.42 Å². The minimum Gasteiger partial charge on any atom is -0.288 e. The quantitative estimate of drug-likeness (QED) is 0.598. The average Bonchev–Trinajstić information content (AvgIpc) is 2.74. The molecule has 2 heterocycles. The molecule has 1 atom stereocenters. The molecule has 0 aliphatic carbocycles. The molecule has 14 heavy (non-hydrogen) atoms. The van der Waals surface area contributed by atoms with Crippen LogP contribution in [-0.2, 0) is 9.59 Å². The lowest BCUT2D eigenvalue weighted by Crippen LogP contribution is -2.26. The summed E-state index contributed by atoms with van der Waals surface area (Å²) < 4.78 is 0. The lowest BCUT2D eigenvalue weighted by atomic mass is 10.1. The molecule has 5 nitrogen and oxygen atoms in total. The Kier molecular flexibility index (Phi) is 2.72. The van der Waals surface area contributed by atoms with E-state index in [0.717, 1.165) is 5.75 Å². The Labute approximate surface area is 85.7 Å². The van der Waals surface area contributed by atoms with E-state index in [0.29, 0.717) is 18.4 Å². The number of carbonyl (C=O) groups is 2. The molecule has 0 aromatic heterocycles. The van der Waals surface area contributed by atoms with E-state index in [1.165, 1.54) is 12.2 Å². The standard InChI is InChI=1S/C8H11N3O2S/c12-6-7(13)11-8(10-6)9-3-5-1-2-14-4-5/h5H,1-4H2,(H2,9,10,11,12,13). The summed E-state index contributed by atoms with van der Waals surface area (Å²) in [5, 5.41) is 4.74. The molecule has 6 heteroatoms. The van der Waals surface area contributed by atoms with Crippen LogP contribution in [0.2, 0.25) is 0 Å². The van der Waals surface area contributed by atoms with Gasteiger partial charge in [0.2, 0.25) is 5.96 Å². The van der Waals surface area contributed by atoms with Gasteiger partial charge in [-0.15, -0.1) is 0 Å². The van der Waals surface area contributed by atoms with Crippen LogP contribution in [0.4, 0.5) is 0 Å². The maximum atomic E-state index is 10.8. The highest BCUT2D eigenvalue weighted by molar-refractivity contribution is 7.99. The highest BCUT2D eigenvalue weighted by Crippen LogP contribution is 2.23. The second kappa shape index (κ2) is 4.00. The van der Waals surface area contributed by atoms with E-state index >= 15 is 0 Å². The molecule has 2 fully saturated rings. The van der Waals surface area contributed by atoms with Crippen LogP contribution in [0.25, 0.3) is 0 Å². The van der Waals surface area contributed by atoms with Crippen LogP contribution >= 0.6 is 11.8 Å². The fraction of sp³-hybridized carbons (Fsp3) is 0.625. The molecular formula is C8H11N3O2S. The molecule has 0 aromatic carbocycles. The molecule has 76 valence electrons. The van der Waals surface area contributed by atoms with Crippen molar-refractivity contribution in [3.63, 3.8) is 0 Å². The van der Waals surface area contributed by atoms with E-state index in [1.807, 2.05) is 11.8 Å². The van der Waals surface area contributed by atoms with E-state index in [2.05, 4.69) is 15.6 Å². The molecule has 2 saturated heterocycles. The van der Waals surface area contributed by atoms with Gasteiger partial charge in [0.25, 0.3) is 0 Å². The lowest BCUT2D eigenvalue weighted by Gasteiger charge is -2.03. The summed E-state index contributed by atoms with van der Waals surface area (Å²) in [6.07, 6.45) is 1.17. The molecule has 0 spiro atoms. The van der Waals surface area contributed by atoms with Gasteiger partial charge in [0.05, 0.1) is 0 Å². The lowest BCUT2D eigenvalue weighted by molar-refractivity contribution is -0.135. The van der Waals surface area contributed by atoms with Crippen LogP contribution in [-0.4, -0.2) is 35.8 Å². The molecule has 0 saturated carbocycles. The van der Waals surface area contributed by atoms with Crippen molar-refractivity contribution in [2.75, 3.05) is 18.1 Å². The highest BCUT2D eigenvalue weighted by atomic mass is 32.2. The van der Waals surface area contributed by atoms with Gasteiger partial charge in [0.15, 0.2) is 0 Å². The minimum atomic E-state index is -0.621. The Morgan fingerprint density at radius 2 is 2.07 bits per heavy atom. The summed E-state index contributed by atoms with van der Waals surface area (Å²) in [4.78, 5) is 25.7. The van der Waals surface area contributed by atoms with Gasteiger partial charge in [-0.05, 0) is 23.8 Å². The topological polar surface area (TPSA) is 70.6 Å². The molecule has 2 amide bonds. The van der Waals surface area contributed by atoms with Gasteiger partial charge in [0.1, 0.15) is 0 Å². The number of nitrogens with one attached hydrogen (secondary N) is 2. The number of hydrogen-bond donors (Lipinski definition) is 2. The van der Waals surface area contributed by atoms with Crippen molar-refractivity contribution in [2.45, 2.75) is 6.42 Å². The van der Waals surface area contributed by atoms with Crippen molar-refractivity contribution in [1.82, 2.24) is 10.6 Å². The van der Waals surface area contributed by atoms with Gasteiger partial charge < -0.3 is 0 Å². The minimum absolute atomic E-state index is 0.303. The number of rotatable bonds is 2. The molecule has 2 rings (SSSR count). The summed E-state index contributed by atoms with van der Waals surface area (Å²) in [5.41, 5.74) is 0. The number of guanidine groups is 1. The zero-order valence-electron chi connectivity index (χ0n) is 7.58. The van der Waals surface area contributed by atoms with E-state index in [-0.39, 0.29) is 0 Å². The summed E-state index contributed by atoms with van der Waals surface area (Å²) in [6.45, 7) is 0.683. The van der Waals surface area contributed by atoms with E-state index in [1.54, 1.807) is 0 Å². The first-order valence-electron chi connectivity index (χ1n) is 4.50. The van der Waals surface area contributed by atoms with Gasteiger partial charge in [-0.2, -0.15) is 11.8 Å². The number of amides is 2. The third-order valence-electron chi connectivity index (χ3n) is 2.20. The van der Waals surface area contributed by atoms with Crippen molar-refractivity contribution in [1.29, 1.82) is 0 Å². The monoisotopic (exact) mass is 213 g/mol. The SMILES string of the molecule is O=C1NC(=NCC2CCSC2)NC1=O. The third kappa shape index (κ3) is 2.06. The Hall–Kier alpha value is -1.04. The summed E-state index contributed by atoms with van der Waals surface area (Å²) in [5.74, 6) is 1.96. The van der Waals surface area contributed by atoms with E-state index in [4.69, 9.17) is 0 Å². The van der Waals surface area contributed by atoms with Crippen LogP contribution in [0.5, 0.6) is 0 Å². The van der Waals surface area contributed by atoms with Gasteiger partial charge in [-0.3, -0.25) is 25.2 Å².